The molecule has 1 aliphatic rings. The van der Waals surface area contributed by atoms with Crippen molar-refractivity contribution in [3.63, 3.8) is 0 Å². The van der Waals surface area contributed by atoms with Gasteiger partial charge in [-0.05, 0) is 74.2 Å². The van der Waals surface area contributed by atoms with Crippen molar-refractivity contribution in [2.24, 2.45) is 0 Å². The molecule has 1 aliphatic heterocycles. The third-order valence-electron chi connectivity index (χ3n) is 5.49. The molecule has 1 aromatic heterocycles. The van der Waals surface area contributed by atoms with E-state index in [0.717, 1.165) is 35.0 Å². The molecular formula is C28H27ClN2O4. The van der Waals surface area contributed by atoms with Crippen LogP contribution in [0.25, 0.3) is 16.7 Å². The SMILES string of the molecule is CC(C)(C)OC(=O)N1CC=C(c2cncc(-c3ccc(Oc4cc(Cl)ccc4C=O)cc3)c2)CC1. The summed E-state index contributed by atoms with van der Waals surface area (Å²) in [5, 5.41) is 0.497. The highest BCUT2D eigenvalue weighted by Crippen LogP contribution is 2.31. The number of aromatic nitrogens is 1. The summed E-state index contributed by atoms with van der Waals surface area (Å²) in [7, 11) is 0. The molecule has 2 heterocycles. The van der Waals surface area contributed by atoms with Gasteiger partial charge < -0.3 is 14.4 Å². The van der Waals surface area contributed by atoms with Crippen LogP contribution in [0.15, 0.2) is 67.0 Å². The molecule has 6 nitrogen and oxygen atoms in total. The first-order valence-electron chi connectivity index (χ1n) is 11.4. The average Bonchev–Trinajstić information content (AvgIpc) is 2.84. The molecule has 2 aromatic carbocycles. The van der Waals surface area contributed by atoms with E-state index in [9.17, 15) is 9.59 Å². The molecule has 4 rings (SSSR count). The Morgan fingerprint density at radius 3 is 2.43 bits per heavy atom. The monoisotopic (exact) mass is 490 g/mol. The van der Waals surface area contributed by atoms with Gasteiger partial charge in [0.2, 0.25) is 0 Å². The topological polar surface area (TPSA) is 68.7 Å². The maximum absolute atomic E-state index is 12.3. The second kappa shape index (κ2) is 10.3. The third kappa shape index (κ3) is 6.28. The molecule has 0 saturated carbocycles. The van der Waals surface area contributed by atoms with Gasteiger partial charge in [-0.15, -0.1) is 0 Å². The van der Waals surface area contributed by atoms with Gasteiger partial charge in [-0.3, -0.25) is 9.78 Å². The molecule has 35 heavy (non-hydrogen) atoms. The summed E-state index contributed by atoms with van der Waals surface area (Å²) in [4.78, 5) is 29.7. The van der Waals surface area contributed by atoms with Crippen molar-refractivity contribution in [2.45, 2.75) is 32.8 Å². The number of hydrogen-bond donors (Lipinski definition) is 0. The van der Waals surface area contributed by atoms with Crippen molar-refractivity contribution in [1.82, 2.24) is 9.88 Å². The zero-order valence-electron chi connectivity index (χ0n) is 20.0. The summed E-state index contributed by atoms with van der Waals surface area (Å²) in [6.45, 7) is 6.71. The lowest BCUT2D eigenvalue weighted by atomic mass is 9.98. The summed E-state index contributed by atoms with van der Waals surface area (Å²) in [5.41, 5.74) is 4.07. The fourth-order valence-corrected chi connectivity index (χ4v) is 3.90. The van der Waals surface area contributed by atoms with Crippen LogP contribution < -0.4 is 4.74 Å². The minimum Gasteiger partial charge on any atom is -0.457 e. The first kappa shape index (κ1) is 24.5. The number of carbonyl (C=O) groups excluding carboxylic acids is 2. The molecule has 1 amide bonds. The van der Waals surface area contributed by atoms with Gasteiger partial charge in [-0.1, -0.05) is 29.8 Å². The Kier molecular flexibility index (Phi) is 7.22. The van der Waals surface area contributed by atoms with Crippen LogP contribution in [0.4, 0.5) is 4.79 Å². The molecular weight excluding hydrogens is 464 g/mol. The van der Waals surface area contributed by atoms with E-state index >= 15 is 0 Å². The number of aldehydes is 1. The van der Waals surface area contributed by atoms with Gasteiger partial charge in [0.25, 0.3) is 0 Å². The van der Waals surface area contributed by atoms with E-state index in [4.69, 9.17) is 21.1 Å². The number of amides is 1. The largest absolute Gasteiger partial charge is 0.457 e. The van der Waals surface area contributed by atoms with Crippen LogP contribution in [0.1, 0.15) is 43.1 Å². The lowest BCUT2D eigenvalue weighted by molar-refractivity contribution is 0.0270. The Labute approximate surface area is 210 Å². The minimum absolute atomic E-state index is 0.292. The third-order valence-corrected chi connectivity index (χ3v) is 5.72. The van der Waals surface area contributed by atoms with Gasteiger partial charge in [0, 0.05) is 42.1 Å². The number of pyridine rings is 1. The van der Waals surface area contributed by atoms with Crippen LogP contribution >= 0.6 is 11.6 Å². The van der Waals surface area contributed by atoms with Gasteiger partial charge in [-0.2, -0.15) is 0 Å². The first-order chi connectivity index (χ1) is 16.7. The second-order valence-corrected chi connectivity index (χ2v) is 9.73. The van der Waals surface area contributed by atoms with Crippen LogP contribution in [-0.4, -0.2) is 41.0 Å². The van der Waals surface area contributed by atoms with Crippen molar-refractivity contribution in [2.75, 3.05) is 13.1 Å². The van der Waals surface area contributed by atoms with Crippen LogP contribution in [0.5, 0.6) is 11.5 Å². The van der Waals surface area contributed by atoms with E-state index in [1.807, 2.05) is 57.4 Å². The number of benzene rings is 2. The molecule has 0 saturated heterocycles. The van der Waals surface area contributed by atoms with E-state index in [1.165, 1.54) is 0 Å². The van der Waals surface area contributed by atoms with E-state index in [-0.39, 0.29) is 6.09 Å². The highest BCUT2D eigenvalue weighted by Gasteiger charge is 2.24. The average molecular weight is 491 g/mol. The number of hydrogen-bond acceptors (Lipinski definition) is 5. The molecule has 0 fully saturated rings. The molecule has 0 spiro atoms. The molecule has 0 bridgehead atoms. The maximum atomic E-state index is 12.3. The fourth-order valence-electron chi connectivity index (χ4n) is 3.73. The zero-order chi connectivity index (χ0) is 25.0. The molecule has 0 unspecified atom stereocenters. The summed E-state index contributed by atoms with van der Waals surface area (Å²) in [6.07, 6.45) is 6.90. The standard InChI is InChI=1S/C28H27ClN2O4/c1-28(2,3)35-27(33)31-12-10-20(11-13-31)23-14-22(16-30-17-23)19-5-8-25(9-6-19)34-26-15-24(29)7-4-21(26)18-32/h4-10,14-18H,11-13H2,1-3H3. The Hall–Kier alpha value is -3.64. The number of carbonyl (C=O) groups is 2. The fraction of sp³-hybridized carbons (Fsp3) is 0.250. The summed E-state index contributed by atoms with van der Waals surface area (Å²) >= 11 is 6.04. The van der Waals surface area contributed by atoms with Crippen molar-refractivity contribution in [3.8, 4) is 22.6 Å². The van der Waals surface area contributed by atoms with Crippen LogP contribution in [0, 0.1) is 0 Å². The first-order valence-corrected chi connectivity index (χ1v) is 11.7. The summed E-state index contributed by atoms with van der Waals surface area (Å²) in [5.74, 6) is 1.01. The van der Waals surface area contributed by atoms with Crippen LogP contribution in [0.3, 0.4) is 0 Å². The van der Waals surface area contributed by atoms with Crippen LogP contribution in [-0.2, 0) is 4.74 Å². The number of halogens is 1. The Morgan fingerprint density at radius 2 is 1.77 bits per heavy atom. The van der Waals surface area contributed by atoms with Gasteiger partial charge in [0.1, 0.15) is 17.1 Å². The smallest absolute Gasteiger partial charge is 0.410 e. The highest BCUT2D eigenvalue weighted by molar-refractivity contribution is 6.30. The molecule has 3 aromatic rings. The molecule has 180 valence electrons. The lowest BCUT2D eigenvalue weighted by Crippen LogP contribution is -2.39. The van der Waals surface area contributed by atoms with Gasteiger partial charge in [-0.25, -0.2) is 4.79 Å². The Balaban J connectivity index is 1.46. The number of nitrogens with zero attached hydrogens (tertiary/aromatic N) is 2. The quantitative estimate of drug-likeness (QED) is 0.359. The van der Waals surface area contributed by atoms with Crippen molar-refractivity contribution in [3.05, 3.63) is 83.2 Å². The number of ether oxygens (including phenoxy) is 2. The van der Waals surface area contributed by atoms with E-state index in [0.29, 0.717) is 35.2 Å². The summed E-state index contributed by atoms with van der Waals surface area (Å²) in [6, 6.07) is 14.6. The lowest BCUT2D eigenvalue weighted by Gasteiger charge is -2.29. The van der Waals surface area contributed by atoms with E-state index in [2.05, 4.69) is 17.1 Å². The molecule has 0 N–H and O–H groups in total. The molecule has 0 radical (unpaired) electrons. The van der Waals surface area contributed by atoms with Crippen molar-refractivity contribution < 1.29 is 19.1 Å². The molecule has 0 aliphatic carbocycles. The maximum Gasteiger partial charge on any atom is 0.410 e. The molecule has 7 heteroatoms. The zero-order valence-corrected chi connectivity index (χ0v) is 20.7. The Bertz CT molecular complexity index is 1260. The number of rotatable bonds is 5. The van der Waals surface area contributed by atoms with Crippen LogP contribution in [0.2, 0.25) is 5.02 Å². The predicted molar refractivity (Wildman–Crippen MR) is 137 cm³/mol. The molecule has 0 atom stereocenters. The minimum atomic E-state index is -0.509. The van der Waals surface area contributed by atoms with Gasteiger partial charge in [0.15, 0.2) is 6.29 Å². The van der Waals surface area contributed by atoms with Gasteiger partial charge >= 0.3 is 6.09 Å². The van der Waals surface area contributed by atoms with Crippen molar-refractivity contribution >= 4 is 29.6 Å². The Morgan fingerprint density at radius 1 is 1.03 bits per heavy atom. The summed E-state index contributed by atoms with van der Waals surface area (Å²) < 4.78 is 11.3. The normalized spacial score (nSPS) is 13.7. The van der Waals surface area contributed by atoms with E-state index in [1.54, 1.807) is 23.1 Å². The highest BCUT2D eigenvalue weighted by atomic mass is 35.5. The predicted octanol–water partition coefficient (Wildman–Crippen LogP) is 7.03. The van der Waals surface area contributed by atoms with Gasteiger partial charge in [0.05, 0.1) is 5.56 Å². The van der Waals surface area contributed by atoms with Crippen molar-refractivity contribution in [1.29, 1.82) is 0 Å². The second-order valence-electron chi connectivity index (χ2n) is 9.29. The van der Waals surface area contributed by atoms with E-state index < -0.39 is 5.60 Å².